The van der Waals surface area contributed by atoms with E-state index in [0.29, 0.717) is 22.0 Å². The van der Waals surface area contributed by atoms with Gasteiger partial charge in [0.2, 0.25) is 0 Å². The topological polar surface area (TPSA) is 144 Å². The third kappa shape index (κ3) is 5.19. The van der Waals surface area contributed by atoms with Gasteiger partial charge in [0.1, 0.15) is 35.2 Å². The van der Waals surface area contributed by atoms with Crippen LogP contribution < -0.4 is 21.5 Å². The van der Waals surface area contributed by atoms with Gasteiger partial charge in [-0.25, -0.2) is 8.78 Å². The molecule has 0 saturated heterocycles. The number of nitriles is 1. The fourth-order valence-corrected chi connectivity index (χ4v) is 4.38. The number of amides is 1. The van der Waals surface area contributed by atoms with E-state index >= 15 is 0 Å². The number of nitrogens with zero attached hydrogens (tertiary/aromatic N) is 4. The molecule has 1 aliphatic carbocycles. The van der Waals surface area contributed by atoms with E-state index in [1.165, 1.54) is 25.4 Å². The molecule has 1 amide bonds. The van der Waals surface area contributed by atoms with Crippen molar-refractivity contribution in [2.45, 2.75) is 31.6 Å². The van der Waals surface area contributed by atoms with Crippen molar-refractivity contribution in [1.82, 2.24) is 14.5 Å². The highest BCUT2D eigenvalue weighted by Gasteiger charge is 2.29. The summed E-state index contributed by atoms with van der Waals surface area (Å²) in [5.41, 5.74) is 13.3. The number of nitrogens with two attached hydrogens (primary N) is 2. The number of hydrogen-bond acceptors (Lipinski definition) is 7. The van der Waals surface area contributed by atoms with Crippen molar-refractivity contribution >= 4 is 40.7 Å². The second-order valence-electron chi connectivity index (χ2n) is 8.29. The number of halogens is 3. The average Bonchev–Trinajstić information content (AvgIpc) is 3.31. The number of hydrogen-bond donors (Lipinski definition) is 3. The summed E-state index contributed by atoms with van der Waals surface area (Å²) < 4.78 is 46.6. The Morgan fingerprint density at radius 2 is 2.08 bits per heavy atom. The Morgan fingerprint density at radius 3 is 2.73 bits per heavy atom. The van der Waals surface area contributed by atoms with Crippen molar-refractivity contribution in [2.24, 2.45) is 16.5 Å². The van der Waals surface area contributed by atoms with E-state index in [4.69, 9.17) is 16.2 Å². The van der Waals surface area contributed by atoms with E-state index in [1.807, 2.05) is 6.07 Å². The summed E-state index contributed by atoms with van der Waals surface area (Å²) in [5, 5.41) is 16.8. The molecule has 0 spiro atoms. The number of alkyl halides is 1. The number of ether oxygens (including phenoxy) is 1. The van der Waals surface area contributed by atoms with Crippen LogP contribution in [0.1, 0.15) is 34.3 Å². The van der Waals surface area contributed by atoms with Crippen LogP contribution in [0, 0.1) is 17.1 Å². The molecule has 1 aliphatic rings. The summed E-state index contributed by atoms with van der Waals surface area (Å²) in [5.74, 6) is -1.13. The van der Waals surface area contributed by atoms with Gasteiger partial charge in [-0.3, -0.25) is 9.79 Å². The summed E-state index contributed by atoms with van der Waals surface area (Å²) >= 11 is -0.165. The molecule has 1 saturated carbocycles. The van der Waals surface area contributed by atoms with E-state index in [1.54, 1.807) is 12.1 Å². The zero-order valence-corrected chi connectivity index (χ0v) is 20.4. The van der Waals surface area contributed by atoms with Gasteiger partial charge in [-0.15, -0.1) is 3.89 Å². The van der Waals surface area contributed by atoms with E-state index in [-0.39, 0.29) is 66.2 Å². The first-order chi connectivity index (χ1) is 17.8. The minimum Gasteiger partial charge on any atom is -0.496 e. The predicted octanol–water partition coefficient (Wildman–Crippen LogP) is 3.55. The molecule has 192 valence electrons. The summed E-state index contributed by atoms with van der Waals surface area (Å²) in [4.78, 5) is 16.9. The Morgan fingerprint density at radius 1 is 1.32 bits per heavy atom. The quantitative estimate of drug-likeness (QED) is 0.230. The number of nitrogens with one attached hydrogen (secondary N) is 1. The lowest BCUT2D eigenvalue weighted by molar-refractivity contribution is 0.0947. The first-order valence-corrected chi connectivity index (χ1v) is 11.7. The molecule has 2 aromatic carbocycles. The third-order valence-electron chi connectivity index (χ3n) is 6.00. The Bertz CT molecular complexity index is 1460. The van der Waals surface area contributed by atoms with Crippen LogP contribution in [-0.4, -0.2) is 40.3 Å². The van der Waals surface area contributed by atoms with Crippen LogP contribution in [0.4, 0.5) is 12.7 Å². The zero-order valence-electron chi connectivity index (χ0n) is 19.5. The Balaban J connectivity index is 1.68. The first-order valence-electron chi connectivity index (χ1n) is 11.1. The minimum absolute atomic E-state index is 0.00474. The number of aromatic nitrogens is 2. The van der Waals surface area contributed by atoms with Crippen LogP contribution in [0.5, 0.6) is 5.75 Å². The number of methoxy groups -OCH3 is 1. The van der Waals surface area contributed by atoms with Crippen molar-refractivity contribution in [2.75, 3.05) is 7.11 Å². The molecule has 1 fully saturated rings. The van der Waals surface area contributed by atoms with Gasteiger partial charge < -0.3 is 21.5 Å². The standard InChI is InChI=1S/C24H22F3N7O2S/c1-36-20-5-3-13(25)8-17(20)24(35)31-10-12-2-4-16(19-11-32-34(37-27)22(12)19)21(29)18(9-28)23(30)33-15-6-14(26)7-15/h2-5,8,11,14-15H,6-7,10,29H2,1H3,(H2,30,33)(H,31,35)/b21-18-. The number of amidine groups is 1. The van der Waals surface area contributed by atoms with Crippen molar-refractivity contribution in [3.05, 3.63) is 64.6 Å². The maximum Gasteiger partial charge on any atom is 0.255 e. The fourth-order valence-electron chi connectivity index (χ4n) is 4.01. The van der Waals surface area contributed by atoms with Gasteiger partial charge in [-0.1, -0.05) is 12.1 Å². The van der Waals surface area contributed by atoms with Gasteiger partial charge in [0.05, 0.1) is 36.1 Å². The second-order valence-corrected chi connectivity index (χ2v) is 8.77. The fraction of sp³-hybridized carbons (Fsp3) is 0.250. The van der Waals surface area contributed by atoms with E-state index < -0.39 is 17.9 Å². The zero-order chi connectivity index (χ0) is 26.7. The van der Waals surface area contributed by atoms with Gasteiger partial charge in [0.25, 0.3) is 5.91 Å². The van der Waals surface area contributed by atoms with Gasteiger partial charge in [-0.05, 0) is 23.8 Å². The van der Waals surface area contributed by atoms with Gasteiger partial charge in [-0.2, -0.15) is 14.4 Å². The molecule has 1 heterocycles. The average molecular weight is 530 g/mol. The van der Waals surface area contributed by atoms with Gasteiger partial charge >= 0.3 is 0 Å². The third-order valence-corrected chi connectivity index (χ3v) is 6.41. The lowest BCUT2D eigenvalue weighted by Crippen LogP contribution is -2.31. The molecule has 0 radical (unpaired) electrons. The summed E-state index contributed by atoms with van der Waals surface area (Å²) in [6.45, 7) is -0.0636. The first kappa shape index (κ1) is 25.9. The number of aliphatic imine (C=N–C) groups is 1. The molecule has 0 atom stereocenters. The molecular formula is C24H22F3N7O2S. The monoisotopic (exact) mass is 529 g/mol. The van der Waals surface area contributed by atoms with Crippen molar-refractivity contribution in [1.29, 1.82) is 5.26 Å². The largest absolute Gasteiger partial charge is 0.496 e. The SMILES string of the molecule is COc1ccc(F)cc1C(=O)NCc1ccc(/C(N)=C(\C#N)C(N)=NC2CC(F)C2)c2cnn(SF)c12. The maximum absolute atomic E-state index is 13.7. The molecule has 13 heteroatoms. The van der Waals surface area contributed by atoms with Crippen LogP contribution in [0.25, 0.3) is 16.6 Å². The lowest BCUT2D eigenvalue weighted by atomic mass is 9.91. The van der Waals surface area contributed by atoms with E-state index in [2.05, 4.69) is 15.4 Å². The van der Waals surface area contributed by atoms with Crippen LogP contribution in [0.2, 0.25) is 0 Å². The highest BCUT2D eigenvalue weighted by molar-refractivity contribution is 7.92. The maximum atomic E-state index is 13.7. The highest BCUT2D eigenvalue weighted by atomic mass is 32.2. The van der Waals surface area contributed by atoms with E-state index in [0.717, 1.165) is 10.2 Å². The molecule has 0 bridgehead atoms. The molecule has 9 nitrogen and oxygen atoms in total. The Labute approximate surface area is 214 Å². The number of rotatable bonds is 8. The minimum atomic E-state index is -0.938. The van der Waals surface area contributed by atoms with E-state index in [9.17, 15) is 22.7 Å². The molecule has 0 unspecified atom stereocenters. The number of carbonyl (C=O) groups is 1. The smallest absolute Gasteiger partial charge is 0.255 e. The van der Waals surface area contributed by atoms with Crippen LogP contribution in [-0.2, 0) is 6.54 Å². The molecule has 37 heavy (non-hydrogen) atoms. The number of benzene rings is 2. The van der Waals surface area contributed by atoms with Crippen LogP contribution in [0.15, 0.2) is 47.1 Å². The number of carbonyl (C=O) groups excluding carboxylic acids is 1. The van der Waals surface area contributed by atoms with Crippen molar-refractivity contribution in [3.8, 4) is 11.8 Å². The Kier molecular flexibility index (Phi) is 7.58. The highest BCUT2D eigenvalue weighted by Crippen LogP contribution is 2.31. The normalized spacial score (nSPS) is 18.1. The number of fused-ring (bicyclic) bond motifs is 1. The molecule has 1 aromatic heterocycles. The summed E-state index contributed by atoms with van der Waals surface area (Å²) in [7, 11) is 1.36. The summed E-state index contributed by atoms with van der Waals surface area (Å²) in [6.07, 6.45) is 0.886. The summed E-state index contributed by atoms with van der Waals surface area (Å²) in [6, 6.07) is 8.35. The lowest BCUT2D eigenvalue weighted by Gasteiger charge is -2.26. The van der Waals surface area contributed by atoms with Crippen LogP contribution in [0.3, 0.4) is 0 Å². The van der Waals surface area contributed by atoms with Crippen molar-refractivity contribution in [3.63, 3.8) is 0 Å². The van der Waals surface area contributed by atoms with Crippen LogP contribution >= 0.6 is 12.3 Å². The molecule has 0 aliphatic heterocycles. The predicted molar refractivity (Wildman–Crippen MR) is 134 cm³/mol. The molecule has 3 aromatic rings. The Hall–Kier alpha value is -4.18. The van der Waals surface area contributed by atoms with Crippen molar-refractivity contribution < 1.29 is 22.2 Å². The molecule has 5 N–H and O–H groups in total. The van der Waals surface area contributed by atoms with Gasteiger partial charge in [0, 0.05) is 30.3 Å². The molecular weight excluding hydrogens is 507 g/mol. The van der Waals surface area contributed by atoms with Gasteiger partial charge in [0.15, 0.2) is 12.3 Å². The second kappa shape index (κ2) is 10.8. The molecule has 4 rings (SSSR count).